The Kier molecular flexibility index (Phi) is 6.54. The van der Waals surface area contributed by atoms with Crippen molar-refractivity contribution in [1.29, 1.82) is 5.26 Å². The maximum Gasteiger partial charge on any atom is 0.332 e. The van der Waals surface area contributed by atoms with Gasteiger partial charge in [0.05, 0.1) is 23.5 Å². The number of cyclic esters (lactones) is 1. The van der Waals surface area contributed by atoms with Gasteiger partial charge in [0.15, 0.2) is 5.54 Å². The molecule has 5 atom stereocenters. The van der Waals surface area contributed by atoms with E-state index < -0.39 is 53.6 Å². The lowest BCUT2D eigenvalue weighted by Crippen LogP contribution is -2.66. The number of benzene rings is 1. The minimum atomic E-state index is -3.27. The zero-order chi connectivity index (χ0) is 27.9. The zero-order valence-corrected chi connectivity index (χ0v) is 21.5. The highest BCUT2D eigenvalue weighted by Crippen LogP contribution is 2.55. The molecule has 2 fully saturated rings. The highest BCUT2D eigenvalue weighted by molar-refractivity contribution is 5.99. The quantitative estimate of drug-likeness (QED) is 0.462. The molecule has 1 aliphatic carbocycles. The number of halogens is 2. The van der Waals surface area contributed by atoms with Crippen molar-refractivity contribution in [3.63, 3.8) is 0 Å². The highest BCUT2D eigenvalue weighted by Gasteiger charge is 2.68. The van der Waals surface area contributed by atoms with Crippen LogP contribution in [0.15, 0.2) is 59.4 Å². The number of amides is 1. The van der Waals surface area contributed by atoms with E-state index in [0.29, 0.717) is 11.3 Å². The maximum atomic E-state index is 15.5. The second kappa shape index (κ2) is 9.73. The van der Waals surface area contributed by atoms with Crippen molar-refractivity contribution in [1.82, 2.24) is 15.5 Å². The van der Waals surface area contributed by atoms with Crippen LogP contribution >= 0.6 is 0 Å². The summed E-state index contributed by atoms with van der Waals surface area (Å²) in [7, 11) is 0. The minimum Gasteiger partial charge on any atom is -0.460 e. The number of hydrogen-bond donors (Lipinski definition) is 1. The lowest BCUT2D eigenvalue weighted by atomic mass is 9.60. The number of nitrogens with zero attached hydrogens (tertiary/aromatic N) is 3. The van der Waals surface area contributed by atoms with E-state index in [4.69, 9.17) is 9.26 Å². The SMILES string of the molecule is Cc1oncc1C(=O)N[C@@]12CC(F)(F)[C@@H](C)[C@H](/C=C/c3ccc(-c4ccccc4C#N)cn3)[C@@H]1[C@@H](C)OC2=O. The van der Waals surface area contributed by atoms with Crippen molar-refractivity contribution >= 4 is 18.0 Å². The standard InChI is InChI=1S/C29H26F2N4O4/c1-16-22(11-10-21-9-8-20(13-33-21)23-7-5-4-6-19(23)12-32)25-18(3)38-27(37)28(25,15-29(16,30)31)35-26(36)24-14-34-39-17(24)2/h4-11,13-14,16,18,22,25H,15H2,1-3H3,(H,35,36)/b11-10+/t16-,18+,22-,25-,28-/m0/s1. The summed E-state index contributed by atoms with van der Waals surface area (Å²) in [6.45, 7) is 4.61. The van der Waals surface area contributed by atoms with Gasteiger partial charge in [-0.05, 0) is 38.0 Å². The van der Waals surface area contributed by atoms with E-state index >= 15 is 8.78 Å². The Labute approximate surface area is 223 Å². The number of hydrogen-bond acceptors (Lipinski definition) is 7. The van der Waals surface area contributed by atoms with Crippen LogP contribution in [0.5, 0.6) is 0 Å². The number of aryl methyl sites for hydroxylation is 1. The molecular formula is C29H26F2N4O4. The number of rotatable bonds is 5. The van der Waals surface area contributed by atoms with Gasteiger partial charge < -0.3 is 14.6 Å². The van der Waals surface area contributed by atoms with Crippen LogP contribution in [-0.4, -0.2) is 39.6 Å². The summed E-state index contributed by atoms with van der Waals surface area (Å²) in [5, 5.41) is 15.5. The fourth-order valence-electron chi connectivity index (χ4n) is 5.80. The molecule has 0 radical (unpaired) electrons. The van der Waals surface area contributed by atoms with E-state index in [1.807, 2.05) is 12.1 Å². The van der Waals surface area contributed by atoms with Crippen LogP contribution in [0.1, 0.15) is 47.6 Å². The summed E-state index contributed by atoms with van der Waals surface area (Å²) in [4.78, 5) is 30.6. The molecule has 1 saturated heterocycles. The van der Waals surface area contributed by atoms with Crippen LogP contribution in [0.2, 0.25) is 0 Å². The monoisotopic (exact) mass is 532 g/mol. The number of nitrogens with one attached hydrogen (secondary N) is 1. The molecule has 2 aromatic heterocycles. The van der Waals surface area contributed by atoms with Crippen LogP contribution in [0.3, 0.4) is 0 Å². The molecule has 3 aromatic rings. The van der Waals surface area contributed by atoms with Gasteiger partial charge in [-0.15, -0.1) is 0 Å². The van der Waals surface area contributed by atoms with E-state index in [1.54, 1.807) is 49.5 Å². The summed E-state index contributed by atoms with van der Waals surface area (Å²) in [5.74, 6) is -7.39. The summed E-state index contributed by atoms with van der Waals surface area (Å²) < 4.78 is 41.4. The van der Waals surface area contributed by atoms with Gasteiger partial charge in [0.2, 0.25) is 0 Å². The summed E-state index contributed by atoms with van der Waals surface area (Å²) >= 11 is 0. The number of alkyl halides is 2. The first-order chi connectivity index (χ1) is 18.6. The molecule has 1 amide bonds. The normalized spacial score (nSPS) is 27.5. The largest absolute Gasteiger partial charge is 0.460 e. The number of carbonyl (C=O) groups excluding carboxylic acids is 2. The van der Waals surface area contributed by atoms with Gasteiger partial charge in [0.25, 0.3) is 11.8 Å². The number of allylic oxidation sites excluding steroid dienone is 1. The van der Waals surface area contributed by atoms with Crippen molar-refractivity contribution < 1.29 is 27.6 Å². The first kappa shape index (κ1) is 26.2. The molecule has 8 nitrogen and oxygen atoms in total. The molecule has 1 aliphatic heterocycles. The Bertz CT molecular complexity index is 1490. The Hall–Kier alpha value is -4.39. The van der Waals surface area contributed by atoms with Crippen LogP contribution in [-0.2, 0) is 9.53 Å². The van der Waals surface area contributed by atoms with E-state index in [-0.39, 0.29) is 11.3 Å². The molecule has 0 unspecified atom stereocenters. The molecule has 3 heterocycles. The molecule has 1 saturated carbocycles. The van der Waals surface area contributed by atoms with Gasteiger partial charge in [-0.3, -0.25) is 9.78 Å². The predicted octanol–water partition coefficient (Wildman–Crippen LogP) is 4.95. The van der Waals surface area contributed by atoms with Crippen LogP contribution < -0.4 is 5.32 Å². The maximum absolute atomic E-state index is 15.5. The number of pyridine rings is 1. The fraction of sp³-hybridized carbons (Fsp3) is 0.345. The van der Waals surface area contributed by atoms with Gasteiger partial charge in [-0.2, -0.15) is 5.26 Å². The third-order valence-electron chi connectivity index (χ3n) is 7.87. The molecule has 0 spiro atoms. The second-order valence-electron chi connectivity index (χ2n) is 10.1. The van der Waals surface area contributed by atoms with Gasteiger partial charge >= 0.3 is 5.97 Å². The average molecular weight is 533 g/mol. The highest BCUT2D eigenvalue weighted by atomic mass is 19.3. The molecule has 200 valence electrons. The molecule has 1 N–H and O–H groups in total. The van der Waals surface area contributed by atoms with Crippen LogP contribution in [0, 0.1) is 36.0 Å². The molecular weight excluding hydrogens is 506 g/mol. The lowest BCUT2D eigenvalue weighted by molar-refractivity contribution is -0.158. The molecule has 0 bridgehead atoms. The molecule has 10 heteroatoms. The van der Waals surface area contributed by atoms with Crippen molar-refractivity contribution in [2.75, 3.05) is 0 Å². The van der Waals surface area contributed by atoms with Crippen molar-refractivity contribution in [3.05, 3.63) is 77.4 Å². The molecule has 1 aromatic carbocycles. The average Bonchev–Trinajstić information content (AvgIpc) is 3.44. The van der Waals surface area contributed by atoms with E-state index in [0.717, 1.165) is 11.1 Å². The fourth-order valence-corrected chi connectivity index (χ4v) is 5.80. The van der Waals surface area contributed by atoms with Crippen LogP contribution in [0.25, 0.3) is 17.2 Å². The van der Waals surface area contributed by atoms with Crippen molar-refractivity contribution in [2.45, 2.75) is 44.8 Å². The van der Waals surface area contributed by atoms with E-state index in [2.05, 4.69) is 21.5 Å². The topological polar surface area (TPSA) is 118 Å². The number of esters is 1. The van der Waals surface area contributed by atoms with Crippen molar-refractivity contribution in [3.8, 4) is 17.2 Å². The summed E-state index contributed by atoms with van der Waals surface area (Å²) in [6, 6.07) is 12.8. The minimum absolute atomic E-state index is 0.0618. The third kappa shape index (κ3) is 4.48. The second-order valence-corrected chi connectivity index (χ2v) is 10.1. The Morgan fingerprint density at radius 1 is 1.21 bits per heavy atom. The predicted molar refractivity (Wildman–Crippen MR) is 136 cm³/mol. The number of fused-ring (bicyclic) bond motifs is 1. The number of carbonyl (C=O) groups is 2. The summed E-state index contributed by atoms with van der Waals surface area (Å²) in [5.41, 5.74) is 0.650. The Morgan fingerprint density at radius 2 is 1.97 bits per heavy atom. The first-order valence-electron chi connectivity index (χ1n) is 12.5. The van der Waals surface area contributed by atoms with Gasteiger partial charge in [-0.1, -0.05) is 42.4 Å². The number of nitriles is 1. The number of ether oxygens (including phenoxy) is 1. The van der Waals surface area contributed by atoms with Crippen LogP contribution in [0.4, 0.5) is 8.78 Å². The van der Waals surface area contributed by atoms with Gasteiger partial charge in [0.1, 0.15) is 17.4 Å². The molecule has 2 aliphatic rings. The molecule has 39 heavy (non-hydrogen) atoms. The third-order valence-corrected chi connectivity index (χ3v) is 7.87. The Balaban J connectivity index is 1.47. The summed E-state index contributed by atoms with van der Waals surface area (Å²) in [6.07, 6.45) is 4.47. The Morgan fingerprint density at radius 3 is 2.64 bits per heavy atom. The van der Waals surface area contributed by atoms with Crippen molar-refractivity contribution in [2.24, 2.45) is 17.8 Å². The van der Waals surface area contributed by atoms with Gasteiger partial charge in [-0.25, -0.2) is 13.6 Å². The zero-order valence-electron chi connectivity index (χ0n) is 21.5. The lowest BCUT2D eigenvalue weighted by Gasteiger charge is -2.47. The van der Waals surface area contributed by atoms with Gasteiger partial charge in [0, 0.05) is 35.6 Å². The number of aromatic nitrogens is 2. The van der Waals surface area contributed by atoms with E-state index in [1.165, 1.54) is 20.0 Å². The molecule has 5 rings (SSSR count). The smallest absolute Gasteiger partial charge is 0.332 e. The van der Waals surface area contributed by atoms with E-state index in [9.17, 15) is 14.9 Å². The first-order valence-corrected chi connectivity index (χ1v) is 12.5.